The fourth-order valence-electron chi connectivity index (χ4n) is 2.42. The summed E-state index contributed by atoms with van der Waals surface area (Å²) in [5, 5.41) is 13.9. The Labute approximate surface area is 128 Å². The predicted octanol–water partition coefficient (Wildman–Crippen LogP) is 1.36. The van der Waals surface area contributed by atoms with Crippen LogP contribution in [-0.2, 0) is 4.79 Å². The van der Waals surface area contributed by atoms with Crippen molar-refractivity contribution in [2.24, 2.45) is 5.92 Å². The summed E-state index contributed by atoms with van der Waals surface area (Å²) in [6.45, 7) is 0. The summed E-state index contributed by atoms with van der Waals surface area (Å²) in [7, 11) is 2.84. The molecule has 118 valence electrons. The second-order valence-corrected chi connectivity index (χ2v) is 5.01. The molecule has 0 radical (unpaired) electrons. The van der Waals surface area contributed by atoms with Crippen molar-refractivity contribution >= 4 is 17.6 Å². The molecule has 0 aromatic heterocycles. The summed E-state index contributed by atoms with van der Waals surface area (Å²) in [4.78, 5) is 23.5. The lowest BCUT2D eigenvalue weighted by Gasteiger charge is -2.20. The molecule has 0 aliphatic heterocycles. The molecular formula is C16H18NO5-. The zero-order valence-electron chi connectivity index (χ0n) is 12.5. The minimum Gasteiger partial charge on any atom is -0.545 e. The Hall–Kier alpha value is -2.50. The van der Waals surface area contributed by atoms with Crippen LogP contribution >= 0.6 is 0 Å². The van der Waals surface area contributed by atoms with Gasteiger partial charge >= 0.3 is 0 Å². The number of carbonyl (C=O) groups excluding carboxylic acids is 2. The Balaban J connectivity index is 2.30. The standard InChI is InChI=1S/C16H19NO5/c1-21-13-8-11(16(19)20)12(9-14(13)22-2)17-15(18)10-6-4-3-5-7-10/h3-4,8-10H,5-7H2,1-2H3,(H,17,18)(H,19,20)/p-1/t10-/m0/s1. The van der Waals surface area contributed by atoms with Gasteiger partial charge in [0.25, 0.3) is 0 Å². The van der Waals surface area contributed by atoms with Gasteiger partial charge in [-0.25, -0.2) is 0 Å². The average molecular weight is 304 g/mol. The molecule has 0 heterocycles. The number of carbonyl (C=O) groups is 2. The van der Waals surface area contributed by atoms with Crippen molar-refractivity contribution in [2.75, 3.05) is 19.5 Å². The van der Waals surface area contributed by atoms with Gasteiger partial charge in [-0.05, 0) is 25.3 Å². The van der Waals surface area contributed by atoms with Gasteiger partial charge < -0.3 is 24.7 Å². The number of hydrogen-bond donors (Lipinski definition) is 1. The van der Waals surface area contributed by atoms with E-state index in [2.05, 4.69) is 5.32 Å². The van der Waals surface area contributed by atoms with Crippen LogP contribution < -0.4 is 19.9 Å². The van der Waals surface area contributed by atoms with E-state index in [4.69, 9.17) is 9.47 Å². The summed E-state index contributed by atoms with van der Waals surface area (Å²) in [5.41, 5.74) is 0.00885. The Morgan fingerprint density at radius 2 is 1.86 bits per heavy atom. The van der Waals surface area contributed by atoms with Crippen LogP contribution in [0.25, 0.3) is 0 Å². The fraction of sp³-hybridized carbons (Fsp3) is 0.375. The summed E-state index contributed by atoms with van der Waals surface area (Å²) in [6.07, 6.45) is 6.24. The maximum atomic E-state index is 12.3. The Morgan fingerprint density at radius 3 is 2.41 bits per heavy atom. The number of carboxylic acid groups (broad SMARTS) is 1. The van der Waals surface area contributed by atoms with E-state index in [1.807, 2.05) is 12.2 Å². The molecule has 1 amide bonds. The van der Waals surface area contributed by atoms with Crippen LogP contribution in [0.1, 0.15) is 29.6 Å². The van der Waals surface area contributed by atoms with Crippen LogP contribution in [0.4, 0.5) is 5.69 Å². The monoisotopic (exact) mass is 304 g/mol. The molecule has 22 heavy (non-hydrogen) atoms. The Bertz CT molecular complexity index is 609. The van der Waals surface area contributed by atoms with Gasteiger partial charge in [-0.15, -0.1) is 0 Å². The van der Waals surface area contributed by atoms with Gasteiger partial charge in [-0.3, -0.25) is 4.79 Å². The second-order valence-electron chi connectivity index (χ2n) is 5.01. The van der Waals surface area contributed by atoms with Crippen LogP contribution in [0.5, 0.6) is 11.5 Å². The highest BCUT2D eigenvalue weighted by atomic mass is 16.5. The first-order chi connectivity index (χ1) is 10.6. The largest absolute Gasteiger partial charge is 0.545 e. The van der Waals surface area contributed by atoms with Crippen molar-refractivity contribution in [1.82, 2.24) is 0 Å². The van der Waals surface area contributed by atoms with Crippen molar-refractivity contribution in [2.45, 2.75) is 19.3 Å². The number of anilines is 1. The summed E-state index contributed by atoms with van der Waals surface area (Å²) in [6, 6.07) is 2.71. The number of hydrogen-bond acceptors (Lipinski definition) is 5. The van der Waals surface area contributed by atoms with E-state index in [0.29, 0.717) is 12.2 Å². The molecule has 0 saturated heterocycles. The van der Waals surface area contributed by atoms with E-state index in [-0.39, 0.29) is 28.8 Å². The normalized spacial score (nSPS) is 16.9. The van der Waals surface area contributed by atoms with E-state index in [9.17, 15) is 14.7 Å². The first-order valence-electron chi connectivity index (χ1n) is 7.00. The zero-order valence-corrected chi connectivity index (χ0v) is 12.5. The van der Waals surface area contributed by atoms with Crippen LogP contribution in [0.15, 0.2) is 24.3 Å². The number of allylic oxidation sites excluding steroid dienone is 2. The van der Waals surface area contributed by atoms with Crippen molar-refractivity contribution in [1.29, 1.82) is 0 Å². The molecule has 0 saturated carbocycles. The highest BCUT2D eigenvalue weighted by molar-refractivity contribution is 6.01. The van der Waals surface area contributed by atoms with Crippen molar-refractivity contribution in [3.63, 3.8) is 0 Å². The molecule has 1 N–H and O–H groups in total. The van der Waals surface area contributed by atoms with E-state index >= 15 is 0 Å². The first kappa shape index (κ1) is 15.9. The van der Waals surface area contributed by atoms with Crippen LogP contribution in [0, 0.1) is 5.92 Å². The minimum atomic E-state index is -1.39. The second kappa shape index (κ2) is 6.98. The maximum Gasteiger partial charge on any atom is 0.227 e. The molecule has 1 aromatic carbocycles. The van der Waals surface area contributed by atoms with Crippen molar-refractivity contribution in [3.8, 4) is 11.5 Å². The van der Waals surface area contributed by atoms with Gasteiger partial charge in [0.1, 0.15) is 0 Å². The molecule has 6 nitrogen and oxygen atoms in total. The van der Waals surface area contributed by atoms with E-state index in [1.165, 1.54) is 26.4 Å². The number of nitrogens with one attached hydrogen (secondary N) is 1. The number of benzene rings is 1. The molecule has 0 unspecified atom stereocenters. The number of carboxylic acids is 1. The Kier molecular flexibility index (Phi) is 5.04. The van der Waals surface area contributed by atoms with Gasteiger partial charge in [0.2, 0.25) is 5.91 Å². The number of amides is 1. The molecular weight excluding hydrogens is 286 g/mol. The molecule has 1 aromatic rings. The fourth-order valence-corrected chi connectivity index (χ4v) is 2.42. The van der Waals surface area contributed by atoms with Gasteiger partial charge in [-0.1, -0.05) is 12.2 Å². The van der Waals surface area contributed by atoms with E-state index < -0.39 is 5.97 Å². The number of methoxy groups -OCH3 is 2. The lowest BCUT2D eigenvalue weighted by Crippen LogP contribution is -2.28. The lowest BCUT2D eigenvalue weighted by atomic mass is 9.93. The SMILES string of the molecule is COc1cc(NC(=O)[C@H]2CC=CCC2)c(C(=O)[O-])cc1OC. The molecule has 1 atom stereocenters. The smallest absolute Gasteiger partial charge is 0.227 e. The predicted molar refractivity (Wildman–Crippen MR) is 79.0 cm³/mol. The quantitative estimate of drug-likeness (QED) is 0.830. The first-order valence-corrected chi connectivity index (χ1v) is 7.00. The lowest BCUT2D eigenvalue weighted by molar-refractivity contribution is -0.254. The maximum absolute atomic E-state index is 12.3. The average Bonchev–Trinajstić information content (AvgIpc) is 2.54. The van der Waals surface area contributed by atoms with Crippen molar-refractivity contribution < 1.29 is 24.2 Å². The van der Waals surface area contributed by atoms with Crippen LogP contribution in [-0.4, -0.2) is 26.1 Å². The third-order valence-corrected chi connectivity index (χ3v) is 3.64. The number of aromatic carboxylic acids is 1. The summed E-state index contributed by atoms with van der Waals surface area (Å²) in [5.74, 6) is -1.15. The van der Waals surface area contributed by atoms with Gasteiger partial charge in [0.05, 0.1) is 25.9 Å². The Morgan fingerprint density at radius 1 is 1.18 bits per heavy atom. The van der Waals surface area contributed by atoms with Crippen molar-refractivity contribution in [3.05, 3.63) is 29.8 Å². The molecule has 2 rings (SSSR count). The topological polar surface area (TPSA) is 87.7 Å². The highest BCUT2D eigenvalue weighted by Crippen LogP contribution is 2.33. The highest BCUT2D eigenvalue weighted by Gasteiger charge is 2.21. The molecule has 6 heteroatoms. The molecule has 0 spiro atoms. The number of rotatable bonds is 5. The van der Waals surface area contributed by atoms with E-state index in [0.717, 1.165) is 12.8 Å². The molecule has 0 fully saturated rings. The molecule has 1 aliphatic carbocycles. The van der Waals surface area contributed by atoms with Crippen LogP contribution in [0.2, 0.25) is 0 Å². The third kappa shape index (κ3) is 3.39. The number of ether oxygens (including phenoxy) is 2. The van der Waals surface area contributed by atoms with Crippen LogP contribution in [0.3, 0.4) is 0 Å². The third-order valence-electron chi connectivity index (χ3n) is 3.64. The van der Waals surface area contributed by atoms with Gasteiger partial charge in [0, 0.05) is 17.5 Å². The molecule has 1 aliphatic rings. The van der Waals surface area contributed by atoms with Gasteiger partial charge in [-0.2, -0.15) is 0 Å². The molecule has 0 bridgehead atoms. The minimum absolute atomic E-state index is 0.141. The zero-order chi connectivity index (χ0) is 16.1. The summed E-state index contributed by atoms with van der Waals surface area (Å²) >= 11 is 0. The van der Waals surface area contributed by atoms with Gasteiger partial charge in [0.15, 0.2) is 11.5 Å². The summed E-state index contributed by atoms with van der Waals surface area (Å²) < 4.78 is 10.2. The van der Waals surface area contributed by atoms with E-state index in [1.54, 1.807) is 0 Å².